The van der Waals surface area contributed by atoms with Gasteiger partial charge >= 0.3 is 0 Å². The van der Waals surface area contributed by atoms with Gasteiger partial charge in [-0.1, -0.05) is 31.2 Å². The fourth-order valence-electron chi connectivity index (χ4n) is 2.57. The number of nitrogen functional groups attached to an aromatic ring is 1. The highest BCUT2D eigenvalue weighted by Gasteiger charge is 2.15. The van der Waals surface area contributed by atoms with Gasteiger partial charge in [0, 0.05) is 11.1 Å². The topological polar surface area (TPSA) is 85.1 Å². The smallest absolute Gasteiger partial charge is 0.240 e. The Morgan fingerprint density at radius 2 is 1.85 bits per heavy atom. The minimum Gasteiger partial charge on any atom is -0.399 e. The van der Waals surface area contributed by atoms with E-state index in [1.807, 2.05) is 29.6 Å². The van der Waals surface area contributed by atoms with Crippen molar-refractivity contribution in [2.45, 2.75) is 31.2 Å². The molecule has 136 valence electrons. The van der Waals surface area contributed by atoms with Gasteiger partial charge in [0.1, 0.15) is 0 Å². The van der Waals surface area contributed by atoms with E-state index in [0.717, 1.165) is 34.7 Å². The van der Waals surface area contributed by atoms with Crippen LogP contribution in [0.1, 0.15) is 24.0 Å². The van der Waals surface area contributed by atoms with E-state index in [2.05, 4.69) is 16.6 Å². The molecule has 0 aliphatic rings. The summed E-state index contributed by atoms with van der Waals surface area (Å²) >= 11 is 1.56. The molecule has 2 aromatic carbocycles. The third kappa shape index (κ3) is 4.49. The summed E-state index contributed by atoms with van der Waals surface area (Å²) in [4.78, 5) is 4.67. The van der Waals surface area contributed by atoms with Crippen LogP contribution in [0, 0.1) is 0 Å². The van der Waals surface area contributed by atoms with Gasteiger partial charge in [0.05, 0.1) is 22.1 Å². The number of rotatable bonds is 7. The second-order valence-corrected chi connectivity index (χ2v) is 8.67. The maximum Gasteiger partial charge on any atom is 0.240 e. The van der Waals surface area contributed by atoms with Gasteiger partial charge in [-0.15, -0.1) is 11.3 Å². The van der Waals surface area contributed by atoms with Gasteiger partial charge in [-0.25, -0.2) is 18.1 Å². The van der Waals surface area contributed by atoms with Crippen molar-refractivity contribution in [1.82, 2.24) is 9.71 Å². The average Bonchev–Trinajstić information content (AvgIpc) is 3.08. The Kier molecular flexibility index (Phi) is 5.70. The molecule has 0 amide bonds. The summed E-state index contributed by atoms with van der Waals surface area (Å²) < 4.78 is 27.9. The van der Waals surface area contributed by atoms with Gasteiger partial charge in [-0.2, -0.15) is 0 Å². The van der Waals surface area contributed by atoms with E-state index in [1.54, 1.807) is 35.6 Å². The van der Waals surface area contributed by atoms with Crippen molar-refractivity contribution in [3.63, 3.8) is 0 Å². The van der Waals surface area contributed by atoms with Crippen molar-refractivity contribution < 1.29 is 8.42 Å². The number of nitrogens with zero attached hydrogens (tertiary/aromatic N) is 1. The Balaban J connectivity index is 1.77. The molecule has 0 spiro atoms. The minimum atomic E-state index is -3.62. The van der Waals surface area contributed by atoms with E-state index in [9.17, 15) is 8.42 Å². The van der Waals surface area contributed by atoms with Crippen LogP contribution in [-0.2, 0) is 23.0 Å². The second-order valence-electron chi connectivity index (χ2n) is 5.96. The molecule has 3 aromatic rings. The highest BCUT2D eigenvalue weighted by Crippen LogP contribution is 2.24. The highest BCUT2D eigenvalue weighted by molar-refractivity contribution is 7.89. The maximum atomic E-state index is 12.6. The number of nitrogens with one attached hydrogen (secondary N) is 1. The van der Waals surface area contributed by atoms with Crippen LogP contribution in [-0.4, -0.2) is 13.4 Å². The zero-order chi connectivity index (χ0) is 18.6. The fourth-order valence-corrected chi connectivity index (χ4v) is 4.52. The summed E-state index contributed by atoms with van der Waals surface area (Å²) in [6.07, 6.45) is 1.94. The molecule has 0 fully saturated rings. The molecule has 0 radical (unpaired) electrons. The summed E-state index contributed by atoms with van der Waals surface area (Å²) in [7, 11) is -3.62. The quantitative estimate of drug-likeness (QED) is 0.604. The van der Waals surface area contributed by atoms with Crippen LogP contribution in [0.25, 0.3) is 11.1 Å². The number of aryl methyl sites for hydroxylation is 1. The lowest BCUT2D eigenvalue weighted by molar-refractivity contribution is 0.580. The minimum absolute atomic E-state index is 0.186. The van der Waals surface area contributed by atoms with E-state index < -0.39 is 10.0 Å². The number of benzene rings is 2. The molecule has 1 heterocycles. The molecule has 0 aliphatic carbocycles. The molecule has 0 atom stereocenters. The van der Waals surface area contributed by atoms with Crippen LogP contribution in [0.4, 0.5) is 5.69 Å². The van der Waals surface area contributed by atoms with E-state index in [-0.39, 0.29) is 11.4 Å². The van der Waals surface area contributed by atoms with Gasteiger partial charge in [-0.3, -0.25) is 0 Å². The van der Waals surface area contributed by atoms with Gasteiger partial charge in [0.2, 0.25) is 10.0 Å². The molecule has 0 saturated heterocycles. The number of thiazole rings is 1. The van der Waals surface area contributed by atoms with E-state index in [0.29, 0.717) is 5.69 Å². The number of anilines is 1. The highest BCUT2D eigenvalue weighted by atomic mass is 32.2. The molecule has 0 unspecified atom stereocenters. The summed E-state index contributed by atoms with van der Waals surface area (Å²) in [6, 6.07) is 14.2. The van der Waals surface area contributed by atoms with Crippen LogP contribution in [0.2, 0.25) is 0 Å². The van der Waals surface area contributed by atoms with Crippen molar-refractivity contribution in [2.24, 2.45) is 0 Å². The predicted octanol–water partition coefficient (Wildman–Crippen LogP) is 3.82. The van der Waals surface area contributed by atoms with Gasteiger partial charge in [0.25, 0.3) is 0 Å². The molecule has 5 nitrogen and oxygen atoms in total. The Labute approximate surface area is 158 Å². The first-order valence-electron chi connectivity index (χ1n) is 8.37. The van der Waals surface area contributed by atoms with Crippen LogP contribution >= 0.6 is 11.3 Å². The summed E-state index contributed by atoms with van der Waals surface area (Å²) in [6.45, 7) is 2.28. The van der Waals surface area contributed by atoms with Crippen LogP contribution in [0.15, 0.2) is 58.8 Å². The number of nitrogens with two attached hydrogens (primary N) is 1. The van der Waals surface area contributed by atoms with Crippen molar-refractivity contribution in [2.75, 3.05) is 5.73 Å². The Hall–Kier alpha value is -2.22. The normalized spacial score (nSPS) is 11.6. The third-order valence-corrected chi connectivity index (χ3v) is 6.23. The summed E-state index contributed by atoms with van der Waals surface area (Å²) in [5, 5.41) is 2.93. The lowest BCUT2D eigenvalue weighted by Crippen LogP contribution is -2.23. The van der Waals surface area contributed by atoms with Crippen molar-refractivity contribution in [3.05, 3.63) is 64.6 Å². The largest absolute Gasteiger partial charge is 0.399 e. The van der Waals surface area contributed by atoms with Crippen molar-refractivity contribution >= 4 is 27.0 Å². The van der Waals surface area contributed by atoms with Gasteiger partial charge in [-0.05, 0) is 48.2 Å². The predicted molar refractivity (Wildman–Crippen MR) is 106 cm³/mol. The molecule has 3 N–H and O–H groups in total. The van der Waals surface area contributed by atoms with Gasteiger partial charge < -0.3 is 5.73 Å². The molecular weight excluding hydrogens is 366 g/mol. The summed E-state index contributed by atoms with van der Waals surface area (Å²) in [5.74, 6) is 0. The lowest BCUT2D eigenvalue weighted by Gasteiger charge is -2.08. The third-order valence-electron chi connectivity index (χ3n) is 3.87. The number of sulfonamides is 1. The number of hydrogen-bond donors (Lipinski definition) is 2. The van der Waals surface area contributed by atoms with Crippen LogP contribution in [0.3, 0.4) is 0 Å². The van der Waals surface area contributed by atoms with E-state index in [1.165, 1.54) is 0 Å². The molecule has 26 heavy (non-hydrogen) atoms. The zero-order valence-electron chi connectivity index (χ0n) is 14.5. The molecule has 0 aliphatic heterocycles. The van der Waals surface area contributed by atoms with Crippen LogP contribution in [0.5, 0.6) is 0 Å². The molecule has 3 rings (SSSR count). The van der Waals surface area contributed by atoms with Crippen LogP contribution < -0.4 is 10.5 Å². The van der Waals surface area contributed by atoms with Gasteiger partial charge in [0.15, 0.2) is 0 Å². The lowest BCUT2D eigenvalue weighted by atomic mass is 10.1. The molecule has 7 heteroatoms. The molecule has 0 saturated carbocycles. The number of aromatic nitrogens is 1. The summed E-state index contributed by atoms with van der Waals surface area (Å²) in [5.41, 5.74) is 8.89. The first kappa shape index (κ1) is 18.6. The molecule has 0 bridgehead atoms. The molecular formula is C19H21N3O2S2. The average molecular weight is 388 g/mol. The standard InChI is InChI=1S/C19H21N3O2S2/c1-2-5-19-22-17(13-25-19)12-21-26(23,24)18-9-4-7-15(11-18)14-6-3-8-16(20)10-14/h3-4,6-11,13,21H,2,5,12,20H2,1H3. The monoisotopic (exact) mass is 387 g/mol. The van der Waals surface area contributed by atoms with E-state index >= 15 is 0 Å². The zero-order valence-corrected chi connectivity index (χ0v) is 16.1. The Bertz CT molecular complexity index is 997. The maximum absolute atomic E-state index is 12.6. The first-order chi connectivity index (χ1) is 12.5. The Morgan fingerprint density at radius 1 is 1.12 bits per heavy atom. The second kappa shape index (κ2) is 7.99. The molecule has 1 aromatic heterocycles. The van der Waals surface area contributed by atoms with Crippen molar-refractivity contribution in [3.8, 4) is 11.1 Å². The SMILES string of the molecule is CCCc1nc(CNS(=O)(=O)c2cccc(-c3cccc(N)c3)c2)cs1. The van der Waals surface area contributed by atoms with Crippen molar-refractivity contribution in [1.29, 1.82) is 0 Å². The first-order valence-corrected chi connectivity index (χ1v) is 10.7. The fraction of sp³-hybridized carbons (Fsp3) is 0.211. The van der Waals surface area contributed by atoms with E-state index in [4.69, 9.17) is 5.73 Å². The number of hydrogen-bond acceptors (Lipinski definition) is 5. The Morgan fingerprint density at radius 3 is 2.58 bits per heavy atom.